The maximum absolute atomic E-state index is 5.60. The van der Waals surface area contributed by atoms with Crippen LogP contribution >= 0.6 is 0 Å². The molecule has 0 aliphatic heterocycles. The third-order valence-electron chi connectivity index (χ3n) is 2.61. The van der Waals surface area contributed by atoms with Crippen molar-refractivity contribution < 1.29 is 0 Å². The van der Waals surface area contributed by atoms with Gasteiger partial charge in [-0.25, -0.2) is 0 Å². The number of pyridine rings is 1. The Labute approximate surface area is 96.1 Å². The summed E-state index contributed by atoms with van der Waals surface area (Å²) >= 11 is 0. The molecule has 2 nitrogen and oxygen atoms in total. The van der Waals surface area contributed by atoms with Gasteiger partial charge in [0, 0.05) is 18.3 Å². The molecular formula is C14H16N2. The van der Waals surface area contributed by atoms with Gasteiger partial charge in [-0.2, -0.15) is 0 Å². The zero-order valence-corrected chi connectivity index (χ0v) is 9.26. The lowest BCUT2D eigenvalue weighted by atomic mass is 10.0. The third kappa shape index (κ3) is 2.67. The molecule has 0 bridgehead atoms. The van der Waals surface area contributed by atoms with E-state index in [0.717, 1.165) is 18.5 Å². The molecule has 0 radical (unpaired) electrons. The van der Waals surface area contributed by atoms with Crippen LogP contribution in [0.3, 0.4) is 0 Å². The van der Waals surface area contributed by atoms with Gasteiger partial charge in [0.2, 0.25) is 0 Å². The molecule has 0 saturated heterocycles. The minimum atomic E-state index is 0.674. The summed E-state index contributed by atoms with van der Waals surface area (Å²) in [4.78, 5) is 4.44. The Kier molecular flexibility index (Phi) is 3.67. The first kappa shape index (κ1) is 10.8. The Hall–Kier alpha value is -1.67. The standard InChI is InChI=1S/C14H16N2/c15-9-8-13-7-4-10-16-14(13)11-12-5-2-1-3-6-12/h1-7,10H,8-9,11,15H2. The average molecular weight is 212 g/mol. The summed E-state index contributed by atoms with van der Waals surface area (Å²) in [7, 11) is 0. The molecule has 0 aliphatic rings. The summed E-state index contributed by atoms with van der Waals surface area (Å²) in [5.74, 6) is 0. The van der Waals surface area contributed by atoms with Gasteiger partial charge >= 0.3 is 0 Å². The van der Waals surface area contributed by atoms with Crippen LogP contribution in [0.1, 0.15) is 16.8 Å². The maximum Gasteiger partial charge on any atom is 0.0479 e. The number of hydrogen-bond acceptors (Lipinski definition) is 2. The summed E-state index contributed by atoms with van der Waals surface area (Å²) < 4.78 is 0. The van der Waals surface area contributed by atoms with Crippen molar-refractivity contribution in [2.24, 2.45) is 5.73 Å². The second kappa shape index (κ2) is 5.42. The molecule has 0 unspecified atom stereocenters. The lowest BCUT2D eigenvalue weighted by Crippen LogP contribution is -2.06. The van der Waals surface area contributed by atoms with Crippen LogP contribution in [0.25, 0.3) is 0 Å². The molecular weight excluding hydrogens is 196 g/mol. The first-order chi connectivity index (χ1) is 7.90. The van der Waals surface area contributed by atoms with E-state index in [1.807, 2.05) is 18.3 Å². The number of aromatic nitrogens is 1. The van der Waals surface area contributed by atoms with E-state index >= 15 is 0 Å². The van der Waals surface area contributed by atoms with E-state index in [9.17, 15) is 0 Å². The molecule has 2 rings (SSSR count). The quantitative estimate of drug-likeness (QED) is 0.843. The zero-order valence-electron chi connectivity index (χ0n) is 9.26. The van der Waals surface area contributed by atoms with Crippen LogP contribution in [0.15, 0.2) is 48.7 Å². The molecule has 0 atom stereocenters. The number of benzene rings is 1. The highest BCUT2D eigenvalue weighted by Gasteiger charge is 2.03. The van der Waals surface area contributed by atoms with Crippen LogP contribution in [-0.2, 0) is 12.8 Å². The summed E-state index contributed by atoms with van der Waals surface area (Å²) in [6, 6.07) is 14.5. The van der Waals surface area contributed by atoms with Crippen molar-refractivity contribution in [3.63, 3.8) is 0 Å². The molecule has 0 spiro atoms. The van der Waals surface area contributed by atoms with Gasteiger partial charge in [-0.05, 0) is 30.2 Å². The van der Waals surface area contributed by atoms with Gasteiger partial charge in [0.25, 0.3) is 0 Å². The number of nitrogens with zero attached hydrogens (tertiary/aromatic N) is 1. The zero-order chi connectivity index (χ0) is 11.2. The van der Waals surface area contributed by atoms with Gasteiger partial charge < -0.3 is 5.73 Å². The van der Waals surface area contributed by atoms with Crippen molar-refractivity contribution in [1.82, 2.24) is 4.98 Å². The van der Waals surface area contributed by atoms with Crippen molar-refractivity contribution in [2.75, 3.05) is 6.54 Å². The van der Waals surface area contributed by atoms with Gasteiger partial charge in [0.15, 0.2) is 0 Å². The normalized spacial score (nSPS) is 10.3. The van der Waals surface area contributed by atoms with Gasteiger partial charge in [0.05, 0.1) is 0 Å². The van der Waals surface area contributed by atoms with Gasteiger partial charge in [-0.3, -0.25) is 4.98 Å². The Morgan fingerprint density at radius 3 is 2.56 bits per heavy atom. The fourth-order valence-electron chi connectivity index (χ4n) is 1.80. The summed E-state index contributed by atoms with van der Waals surface area (Å²) in [6.45, 7) is 0.674. The summed E-state index contributed by atoms with van der Waals surface area (Å²) in [5.41, 5.74) is 9.28. The minimum Gasteiger partial charge on any atom is -0.330 e. The fraction of sp³-hybridized carbons (Fsp3) is 0.214. The van der Waals surface area contributed by atoms with Crippen molar-refractivity contribution in [3.05, 3.63) is 65.5 Å². The molecule has 2 N–H and O–H groups in total. The molecule has 0 aliphatic carbocycles. The van der Waals surface area contributed by atoms with E-state index < -0.39 is 0 Å². The number of hydrogen-bond donors (Lipinski definition) is 1. The molecule has 1 aromatic heterocycles. The second-order valence-corrected chi connectivity index (χ2v) is 3.81. The monoisotopic (exact) mass is 212 g/mol. The SMILES string of the molecule is NCCc1cccnc1Cc1ccccc1. The van der Waals surface area contributed by atoms with Gasteiger partial charge in [0.1, 0.15) is 0 Å². The first-order valence-corrected chi connectivity index (χ1v) is 5.57. The van der Waals surface area contributed by atoms with E-state index in [4.69, 9.17) is 5.73 Å². The largest absolute Gasteiger partial charge is 0.330 e. The van der Waals surface area contributed by atoms with Crippen molar-refractivity contribution in [1.29, 1.82) is 0 Å². The first-order valence-electron chi connectivity index (χ1n) is 5.57. The number of rotatable bonds is 4. The maximum atomic E-state index is 5.60. The fourth-order valence-corrected chi connectivity index (χ4v) is 1.80. The van der Waals surface area contributed by atoms with E-state index in [0.29, 0.717) is 6.54 Å². The average Bonchev–Trinajstić information content (AvgIpc) is 2.33. The summed E-state index contributed by atoms with van der Waals surface area (Å²) in [6.07, 6.45) is 3.63. The smallest absolute Gasteiger partial charge is 0.0479 e. The third-order valence-corrected chi connectivity index (χ3v) is 2.61. The molecule has 0 fully saturated rings. The van der Waals surface area contributed by atoms with E-state index in [1.54, 1.807) is 0 Å². The molecule has 2 heteroatoms. The minimum absolute atomic E-state index is 0.674. The molecule has 16 heavy (non-hydrogen) atoms. The molecule has 0 amide bonds. The number of nitrogens with two attached hydrogens (primary N) is 1. The Bertz CT molecular complexity index is 437. The molecule has 1 aromatic carbocycles. The topological polar surface area (TPSA) is 38.9 Å². The van der Waals surface area contributed by atoms with Crippen LogP contribution in [0, 0.1) is 0 Å². The van der Waals surface area contributed by atoms with E-state index in [2.05, 4.69) is 35.3 Å². The van der Waals surface area contributed by atoms with Crippen LogP contribution in [-0.4, -0.2) is 11.5 Å². The van der Waals surface area contributed by atoms with E-state index in [-0.39, 0.29) is 0 Å². The van der Waals surface area contributed by atoms with E-state index in [1.165, 1.54) is 11.1 Å². The predicted molar refractivity (Wildman–Crippen MR) is 66.2 cm³/mol. The predicted octanol–water partition coefficient (Wildman–Crippen LogP) is 2.17. The lowest BCUT2D eigenvalue weighted by Gasteiger charge is -2.07. The van der Waals surface area contributed by atoms with Gasteiger partial charge in [-0.1, -0.05) is 36.4 Å². The van der Waals surface area contributed by atoms with Crippen molar-refractivity contribution in [3.8, 4) is 0 Å². The second-order valence-electron chi connectivity index (χ2n) is 3.81. The molecule has 0 saturated carbocycles. The highest BCUT2D eigenvalue weighted by atomic mass is 14.7. The van der Waals surface area contributed by atoms with Crippen LogP contribution < -0.4 is 5.73 Å². The van der Waals surface area contributed by atoms with Crippen molar-refractivity contribution in [2.45, 2.75) is 12.8 Å². The van der Waals surface area contributed by atoms with Crippen LogP contribution in [0.5, 0.6) is 0 Å². The molecule has 2 aromatic rings. The van der Waals surface area contributed by atoms with Crippen LogP contribution in [0.2, 0.25) is 0 Å². The Morgan fingerprint density at radius 2 is 1.81 bits per heavy atom. The van der Waals surface area contributed by atoms with Crippen LogP contribution in [0.4, 0.5) is 0 Å². The molecule has 82 valence electrons. The highest BCUT2D eigenvalue weighted by Crippen LogP contribution is 2.11. The Balaban J connectivity index is 2.21. The molecule has 1 heterocycles. The Morgan fingerprint density at radius 1 is 1.00 bits per heavy atom. The van der Waals surface area contributed by atoms with Crippen molar-refractivity contribution >= 4 is 0 Å². The van der Waals surface area contributed by atoms with Gasteiger partial charge in [-0.15, -0.1) is 0 Å². The highest BCUT2D eigenvalue weighted by molar-refractivity contribution is 5.27. The summed E-state index contributed by atoms with van der Waals surface area (Å²) in [5, 5.41) is 0. The lowest BCUT2D eigenvalue weighted by molar-refractivity contribution is 0.918.